The van der Waals surface area contributed by atoms with E-state index in [1.165, 1.54) is 0 Å². The number of hydrogen-bond acceptors (Lipinski definition) is 0. The second-order valence-electron chi connectivity index (χ2n) is 0. The van der Waals surface area contributed by atoms with Gasteiger partial charge in [0.2, 0.25) is 0 Å². The van der Waals surface area contributed by atoms with Gasteiger partial charge < -0.3 is 11.0 Å². The third-order valence-electron chi connectivity index (χ3n) is 0. The van der Waals surface area contributed by atoms with Crippen molar-refractivity contribution in [3.8, 4) is 0 Å². The van der Waals surface area contributed by atoms with Gasteiger partial charge in [0.05, 0.1) is 0 Å². The summed E-state index contributed by atoms with van der Waals surface area (Å²) in [7, 11) is 0. The van der Waals surface area contributed by atoms with Crippen molar-refractivity contribution in [1.29, 1.82) is 0 Å². The Balaban J connectivity index is 0. The predicted octanol–water partition coefficient (Wildman–Crippen LogP) is -0.621. The van der Waals surface area contributed by atoms with Crippen LogP contribution in [0.5, 0.6) is 0 Å². The van der Waals surface area contributed by atoms with E-state index in [9.17, 15) is 0 Å². The Labute approximate surface area is 55.6 Å². The fraction of sp³-hybridized carbons (Fsp3) is 0. The van der Waals surface area contributed by atoms with Crippen molar-refractivity contribution in [3.05, 3.63) is 0 Å². The van der Waals surface area contributed by atoms with Crippen LogP contribution in [0.15, 0.2) is 0 Å². The van der Waals surface area contributed by atoms with E-state index < -0.39 is 0 Å². The van der Waals surface area contributed by atoms with Gasteiger partial charge in [-0.15, -0.1) is 0 Å². The maximum absolute atomic E-state index is 0. The Kier molecular flexibility index (Phi) is 346. The molecule has 0 N–H and O–H groups in total. The fourth-order valence-corrected chi connectivity index (χ4v) is 0. The minimum absolute atomic E-state index is 0. The van der Waals surface area contributed by atoms with Crippen LogP contribution in [0.2, 0.25) is 0 Å². The zero-order valence-electron chi connectivity index (χ0n) is 2.02. The van der Waals surface area contributed by atoms with E-state index in [1.54, 1.807) is 0 Å². The van der Waals surface area contributed by atoms with Gasteiger partial charge in [0.25, 0.3) is 0 Å². The van der Waals surface area contributed by atoms with Gasteiger partial charge in [-0.3, -0.25) is 0 Å². The zero-order valence-corrected chi connectivity index (χ0v) is 5.00. The summed E-state index contributed by atoms with van der Waals surface area (Å²) >= 11 is 0. The maximum atomic E-state index is 0. The normalized spacial score (nSPS) is 0. The van der Waals surface area contributed by atoms with E-state index in [1.807, 2.05) is 0 Å². The molecule has 0 unspecified atom stereocenters. The summed E-state index contributed by atoms with van der Waals surface area (Å²) < 4.78 is 0. The quantitative estimate of drug-likeness (QED) is 0.368. The van der Waals surface area contributed by atoms with Crippen LogP contribution in [0.1, 0.15) is 0 Å². The van der Waals surface area contributed by atoms with Crippen molar-refractivity contribution in [1.82, 2.24) is 0 Å². The third kappa shape index (κ3) is 9.99. The molecular formula is MgO2Ti+2. The van der Waals surface area contributed by atoms with Crippen LogP contribution < -0.4 is 0 Å². The topological polar surface area (TPSA) is 57.0 Å². The van der Waals surface area contributed by atoms with Crippen molar-refractivity contribution in [3.63, 3.8) is 0 Å². The van der Waals surface area contributed by atoms with Gasteiger partial charge in [-0.2, -0.15) is 0 Å². The summed E-state index contributed by atoms with van der Waals surface area (Å²) in [6.07, 6.45) is 0. The molecule has 2 nitrogen and oxygen atoms in total. The first kappa shape index (κ1) is 53.3. The molecule has 0 aromatic carbocycles. The van der Waals surface area contributed by atoms with Crippen LogP contribution >= 0.6 is 0 Å². The predicted molar refractivity (Wildman–Crippen MR) is 7.13 cm³/mol. The molecule has 0 aliphatic rings. The summed E-state index contributed by atoms with van der Waals surface area (Å²) in [5, 5.41) is 0. The van der Waals surface area contributed by atoms with Crippen molar-refractivity contribution >= 4 is 23.1 Å². The summed E-state index contributed by atoms with van der Waals surface area (Å²) in [5.74, 6) is 0. The molecule has 0 saturated carbocycles. The van der Waals surface area contributed by atoms with E-state index >= 15 is 0 Å². The van der Waals surface area contributed by atoms with Gasteiger partial charge in [0.15, 0.2) is 0 Å². The van der Waals surface area contributed by atoms with E-state index in [-0.39, 0.29) is 55.7 Å². The van der Waals surface area contributed by atoms with Crippen LogP contribution in [0.3, 0.4) is 0 Å². The molecular weight excluding hydrogens is 104 g/mol. The number of rotatable bonds is 0. The van der Waals surface area contributed by atoms with Gasteiger partial charge >= 0.3 is 44.8 Å². The molecule has 0 saturated heterocycles. The minimum Gasteiger partial charge on any atom is -2.00 e. The molecule has 0 aromatic rings. The Morgan fingerprint density at radius 1 is 0.750 bits per heavy atom. The molecule has 0 fully saturated rings. The van der Waals surface area contributed by atoms with Crippen LogP contribution in [0.25, 0.3) is 0 Å². The average Bonchev–Trinajstić information content (AvgIpc) is 0. The molecule has 0 aliphatic carbocycles. The van der Waals surface area contributed by atoms with Gasteiger partial charge in [-0.1, -0.05) is 0 Å². The van der Waals surface area contributed by atoms with E-state index in [4.69, 9.17) is 0 Å². The van der Waals surface area contributed by atoms with Gasteiger partial charge in [-0.05, 0) is 0 Å². The largest absolute Gasteiger partial charge is 4.00 e. The summed E-state index contributed by atoms with van der Waals surface area (Å²) in [6, 6.07) is 0. The third-order valence-corrected chi connectivity index (χ3v) is 0. The monoisotopic (exact) mass is 104 g/mol. The molecule has 16 valence electrons. The molecule has 0 bridgehead atoms. The first-order valence-electron chi connectivity index (χ1n) is 0. The Bertz CT molecular complexity index is 6.00. The van der Waals surface area contributed by atoms with Gasteiger partial charge in [0, 0.05) is 0 Å². The zero-order chi connectivity index (χ0) is 0. The Morgan fingerprint density at radius 3 is 0.750 bits per heavy atom. The van der Waals surface area contributed by atoms with Crippen molar-refractivity contribution in [2.45, 2.75) is 0 Å². The molecule has 0 spiro atoms. The van der Waals surface area contributed by atoms with Crippen LogP contribution in [0.4, 0.5) is 0 Å². The molecule has 0 heterocycles. The molecule has 0 atom stereocenters. The molecule has 0 rings (SSSR count). The summed E-state index contributed by atoms with van der Waals surface area (Å²) in [6.45, 7) is 0. The van der Waals surface area contributed by atoms with E-state index in [2.05, 4.69) is 0 Å². The van der Waals surface area contributed by atoms with Crippen LogP contribution in [-0.2, 0) is 32.7 Å². The molecule has 4 heavy (non-hydrogen) atoms. The van der Waals surface area contributed by atoms with Crippen molar-refractivity contribution < 1.29 is 32.7 Å². The first-order valence-corrected chi connectivity index (χ1v) is 0. The molecule has 4 heteroatoms. The van der Waals surface area contributed by atoms with Crippen molar-refractivity contribution in [2.24, 2.45) is 0 Å². The summed E-state index contributed by atoms with van der Waals surface area (Å²) in [5.41, 5.74) is 0. The first-order chi connectivity index (χ1) is 0. The smallest absolute Gasteiger partial charge is 2.00 e. The molecule has 0 amide bonds. The number of hydrogen-bond donors (Lipinski definition) is 0. The standard InChI is InChI=1S/Mg.2O.Ti/q+2;2*-2;+4. The van der Waals surface area contributed by atoms with Crippen LogP contribution in [0, 0.1) is 0 Å². The second kappa shape index (κ2) is 25.9. The fourth-order valence-electron chi connectivity index (χ4n) is 0. The van der Waals surface area contributed by atoms with E-state index in [0.717, 1.165) is 0 Å². The van der Waals surface area contributed by atoms with Crippen LogP contribution in [-0.4, -0.2) is 23.1 Å². The SMILES string of the molecule is [Mg+2].[O-2].[O-2].[Ti+4]. The molecule has 0 aliphatic heterocycles. The second-order valence-corrected chi connectivity index (χ2v) is 0. The van der Waals surface area contributed by atoms with Crippen molar-refractivity contribution in [2.75, 3.05) is 0 Å². The minimum atomic E-state index is 0. The molecule has 0 radical (unpaired) electrons. The Morgan fingerprint density at radius 2 is 0.750 bits per heavy atom. The van der Waals surface area contributed by atoms with Gasteiger partial charge in [0.1, 0.15) is 0 Å². The Hall–Kier alpha value is 1.40. The van der Waals surface area contributed by atoms with E-state index in [0.29, 0.717) is 0 Å². The average molecular weight is 104 g/mol. The van der Waals surface area contributed by atoms with Gasteiger partial charge in [-0.25, -0.2) is 0 Å². The summed E-state index contributed by atoms with van der Waals surface area (Å²) in [4.78, 5) is 0. The maximum Gasteiger partial charge on any atom is 4.00 e. The molecule has 0 aromatic heterocycles.